The minimum atomic E-state index is 0.574. The zero-order chi connectivity index (χ0) is 5.98. The van der Waals surface area contributed by atoms with Crippen LogP contribution in [0, 0.1) is 5.53 Å². The fraction of sp³-hybridized carbons (Fsp3) is 0.250. The van der Waals surface area contributed by atoms with Crippen molar-refractivity contribution >= 4 is 5.82 Å². The van der Waals surface area contributed by atoms with Gasteiger partial charge in [0.15, 0.2) is 5.82 Å². The number of rotatable bonds is 1. The van der Waals surface area contributed by atoms with E-state index in [-0.39, 0.29) is 0 Å². The van der Waals surface area contributed by atoms with Crippen LogP contribution in [0.15, 0.2) is 17.4 Å². The Hall–Kier alpha value is -1.19. The van der Waals surface area contributed by atoms with E-state index in [2.05, 4.69) is 10.2 Å². The van der Waals surface area contributed by atoms with Gasteiger partial charge >= 0.3 is 0 Å². The van der Waals surface area contributed by atoms with Gasteiger partial charge in [-0.05, 0) is 0 Å². The van der Waals surface area contributed by atoms with Gasteiger partial charge in [0, 0.05) is 13.1 Å². The van der Waals surface area contributed by atoms with Crippen molar-refractivity contribution in [3.05, 3.63) is 12.3 Å². The maximum absolute atomic E-state index is 6.57. The molecular weight excluding hydrogens is 104 g/mol. The number of hydrogen-bond acceptors (Lipinski definition) is 3. The third-order valence-electron chi connectivity index (χ3n) is 0.910. The highest BCUT2D eigenvalue weighted by Crippen LogP contribution is 2.05. The van der Waals surface area contributed by atoms with Crippen molar-refractivity contribution in [2.75, 3.05) is 0 Å². The van der Waals surface area contributed by atoms with Crippen molar-refractivity contribution in [3.8, 4) is 0 Å². The van der Waals surface area contributed by atoms with Crippen molar-refractivity contribution < 1.29 is 0 Å². The SMILES string of the molecule is Cn1nccc1N=N. The van der Waals surface area contributed by atoms with Crippen LogP contribution in [-0.4, -0.2) is 9.78 Å². The van der Waals surface area contributed by atoms with Crippen molar-refractivity contribution in [2.45, 2.75) is 0 Å². The average molecular weight is 110 g/mol. The van der Waals surface area contributed by atoms with Crippen molar-refractivity contribution in [2.24, 2.45) is 12.2 Å². The zero-order valence-corrected chi connectivity index (χ0v) is 4.50. The molecule has 1 aromatic heterocycles. The molecule has 0 aliphatic carbocycles. The van der Waals surface area contributed by atoms with E-state index in [1.54, 1.807) is 19.3 Å². The van der Waals surface area contributed by atoms with Crippen molar-refractivity contribution in [3.63, 3.8) is 0 Å². The first-order valence-electron chi connectivity index (χ1n) is 2.20. The Labute approximate surface area is 46.6 Å². The lowest BCUT2D eigenvalue weighted by atomic mass is 10.7. The summed E-state index contributed by atoms with van der Waals surface area (Å²) in [5, 5.41) is 6.97. The van der Waals surface area contributed by atoms with Crippen LogP contribution in [0.1, 0.15) is 0 Å². The lowest BCUT2D eigenvalue weighted by Crippen LogP contribution is -1.86. The van der Waals surface area contributed by atoms with E-state index >= 15 is 0 Å². The molecule has 1 aromatic rings. The smallest absolute Gasteiger partial charge is 0.172 e. The van der Waals surface area contributed by atoms with Gasteiger partial charge in [-0.1, -0.05) is 0 Å². The van der Waals surface area contributed by atoms with E-state index in [9.17, 15) is 0 Å². The molecule has 0 unspecified atom stereocenters. The Morgan fingerprint density at radius 3 is 2.88 bits per heavy atom. The largest absolute Gasteiger partial charge is 0.250 e. The van der Waals surface area contributed by atoms with Gasteiger partial charge in [0.05, 0.1) is 6.20 Å². The Kier molecular flexibility index (Phi) is 1.07. The molecule has 0 atom stereocenters. The molecule has 42 valence electrons. The summed E-state index contributed by atoms with van der Waals surface area (Å²) in [6.45, 7) is 0. The van der Waals surface area contributed by atoms with Gasteiger partial charge in [-0.2, -0.15) is 5.10 Å². The molecule has 4 heteroatoms. The van der Waals surface area contributed by atoms with Gasteiger partial charge in [-0.15, -0.1) is 5.11 Å². The first-order valence-corrected chi connectivity index (χ1v) is 2.20. The number of nitrogens with one attached hydrogen (secondary N) is 1. The van der Waals surface area contributed by atoms with Crippen LogP contribution in [-0.2, 0) is 7.05 Å². The number of aryl methyl sites for hydroxylation is 1. The summed E-state index contributed by atoms with van der Waals surface area (Å²) in [7, 11) is 1.74. The molecule has 0 aliphatic rings. The lowest BCUT2D eigenvalue weighted by molar-refractivity contribution is 0.760. The van der Waals surface area contributed by atoms with Gasteiger partial charge in [-0.3, -0.25) is 0 Å². The molecular formula is C4H6N4. The molecule has 1 rings (SSSR count). The van der Waals surface area contributed by atoms with E-state index in [1.165, 1.54) is 4.68 Å². The van der Waals surface area contributed by atoms with E-state index < -0.39 is 0 Å². The normalized spacial score (nSPS) is 9.12. The number of hydrogen-bond donors (Lipinski definition) is 1. The average Bonchev–Trinajstić information content (AvgIpc) is 2.14. The van der Waals surface area contributed by atoms with Crippen LogP contribution in [0.3, 0.4) is 0 Å². The lowest BCUT2D eigenvalue weighted by Gasteiger charge is -1.86. The van der Waals surface area contributed by atoms with E-state index in [0.717, 1.165) is 0 Å². The number of aromatic nitrogens is 2. The van der Waals surface area contributed by atoms with Gasteiger partial charge in [0.25, 0.3) is 0 Å². The first kappa shape index (κ1) is 4.96. The summed E-state index contributed by atoms with van der Waals surface area (Å²) in [5.74, 6) is 0.574. The van der Waals surface area contributed by atoms with Gasteiger partial charge in [0.1, 0.15) is 0 Å². The highest BCUT2D eigenvalue weighted by molar-refractivity contribution is 5.22. The fourth-order valence-corrected chi connectivity index (χ4v) is 0.477. The molecule has 8 heavy (non-hydrogen) atoms. The summed E-state index contributed by atoms with van der Waals surface area (Å²) in [6.07, 6.45) is 1.60. The molecule has 0 radical (unpaired) electrons. The summed E-state index contributed by atoms with van der Waals surface area (Å²) in [4.78, 5) is 0. The highest BCUT2D eigenvalue weighted by Gasteiger charge is 1.89. The van der Waals surface area contributed by atoms with Crippen molar-refractivity contribution in [1.29, 1.82) is 5.53 Å². The summed E-state index contributed by atoms with van der Waals surface area (Å²) in [6, 6.07) is 1.67. The minimum Gasteiger partial charge on any atom is -0.250 e. The van der Waals surface area contributed by atoms with Crippen LogP contribution in [0.4, 0.5) is 5.82 Å². The maximum atomic E-state index is 6.57. The standard InChI is InChI=1S/C4H6N4/c1-8-4(7-5)2-3-6-8/h2-3,5H,1H3. The molecule has 0 bridgehead atoms. The van der Waals surface area contributed by atoms with Gasteiger partial charge in [0.2, 0.25) is 0 Å². The Morgan fingerprint density at radius 2 is 2.62 bits per heavy atom. The van der Waals surface area contributed by atoms with Crippen LogP contribution in [0.5, 0.6) is 0 Å². The third-order valence-corrected chi connectivity index (χ3v) is 0.910. The second-order valence-electron chi connectivity index (χ2n) is 1.42. The monoisotopic (exact) mass is 110 g/mol. The van der Waals surface area contributed by atoms with Gasteiger partial charge in [-0.25, -0.2) is 10.2 Å². The van der Waals surface area contributed by atoms with Crippen molar-refractivity contribution in [1.82, 2.24) is 9.78 Å². The zero-order valence-electron chi connectivity index (χ0n) is 4.50. The molecule has 0 fully saturated rings. The second kappa shape index (κ2) is 1.73. The molecule has 1 heterocycles. The third kappa shape index (κ3) is 0.598. The Bertz CT molecular complexity index is 190. The molecule has 0 aromatic carbocycles. The topological polar surface area (TPSA) is 54.0 Å². The van der Waals surface area contributed by atoms with E-state index in [0.29, 0.717) is 5.82 Å². The molecule has 1 N–H and O–H groups in total. The summed E-state index contributed by atoms with van der Waals surface area (Å²) >= 11 is 0. The van der Waals surface area contributed by atoms with Gasteiger partial charge < -0.3 is 0 Å². The second-order valence-corrected chi connectivity index (χ2v) is 1.42. The Balaban J connectivity index is 3.09. The quantitative estimate of drug-likeness (QED) is 0.540. The van der Waals surface area contributed by atoms with E-state index in [4.69, 9.17) is 5.53 Å². The first-order chi connectivity index (χ1) is 3.84. The maximum Gasteiger partial charge on any atom is 0.172 e. The molecule has 4 nitrogen and oxygen atoms in total. The molecule has 0 aliphatic heterocycles. The summed E-state index contributed by atoms with van der Waals surface area (Å²) < 4.78 is 1.53. The number of nitrogens with zero attached hydrogens (tertiary/aromatic N) is 3. The molecule has 0 saturated carbocycles. The predicted molar refractivity (Wildman–Crippen MR) is 28.0 cm³/mol. The summed E-state index contributed by atoms with van der Waals surface area (Å²) in [5.41, 5.74) is 6.57. The highest BCUT2D eigenvalue weighted by atomic mass is 15.3. The van der Waals surface area contributed by atoms with Crippen LogP contribution in [0.25, 0.3) is 0 Å². The van der Waals surface area contributed by atoms with Crippen LogP contribution < -0.4 is 0 Å². The fourth-order valence-electron chi connectivity index (χ4n) is 0.477. The predicted octanol–water partition coefficient (Wildman–Crippen LogP) is 1.08. The molecule has 0 saturated heterocycles. The molecule has 0 amide bonds. The van der Waals surface area contributed by atoms with Crippen LogP contribution in [0.2, 0.25) is 0 Å². The Morgan fingerprint density at radius 1 is 1.88 bits per heavy atom. The van der Waals surface area contributed by atoms with Crippen LogP contribution >= 0.6 is 0 Å². The van der Waals surface area contributed by atoms with E-state index in [1.807, 2.05) is 0 Å². The molecule has 0 spiro atoms. The minimum absolute atomic E-state index is 0.574.